The predicted octanol–water partition coefficient (Wildman–Crippen LogP) is 1.60. The van der Waals surface area contributed by atoms with Gasteiger partial charge in [0, 0.05) is 12.2 Å². The first kappa shape index (κ1) is 14.8. The maximum absolute atomic E-state index is 12.3. The maximum atomic E-state index is 12.3. The SMILES string of the molecule is Bc1ccc(N)c(C2CCCN2C(=O)OC(C)(C)C)c1. The Bertz CT molecular complexity index is 511. The van der Waals surface area contributed by atoms with Crippen molar-refractivity contribution in [1.29, 1.82) is 0 Å². The number of amides is 1. The minimum atomic E-state index is -0.470. The lowest BCUT2D eigenvalue weighted by Gasteiger charge is -2.29. The van der Waals surface area contributed by atoms with Crippen molar-refractivity contribution < 1.29 is 9.53 Å². The van der Waals surface area contributed by atoms with Crippen LogP contribution in [0.1, 0.15) is 45.2 Å². The summed E-state index contributed by atoms with van der Waals surface area (Å²) in [7, 11) is 2.04. The maximum Gasteiger partial charge on any atom is 0.410 e. The number of nitrogens with two attached hydrogens (primary N) is 1. The molecule has 1 unspecified atom stereocenters. The van der Waals surface area contributed by atoms with E-state index in [1.165, 1.54) is 0 Å². The van der Waals surface area contributed by atoms with Crippen molar-refractivity contribution in [2.75, 3.05) is 12.3 Å². The van der Waals surface area contributed by atoms with Crippen molar-refractivity contribution >= 4 is 25.1 Å². The first-order valence-electron chi connectivity index (χ1n) is 7.13. The molecule has 4 nitrogen and oxygen atoms in total. The molecular weight excluding hydrogens is 251 g/mol. The van der Waals surface area contributed by atoms with E-state index in [9.17, 15) is 4.79 Å². The number of benzene rings is 1. The summed E-state index contributed by atoms with van der Waals surface area (Å²) in [5.74, 6) is 0. The number of carbonyl (C=O) groups is 1. The molecule has 1 fully saturated rings. The van der Waals surface area contributed by atoms with Crippen LogP contribution in [-0.4, -0.2) is 31.0 Å². The van der Waals surface area contributed by atoms with Crippen molar-refractivity contribution in [1.82, 2.24) is 4.90 Å². The van der Waals surface area contributed by atoms with Gasteiger partial charge in [0.15, 0.2) is 0 Å². The highest BCUT2D eigenvalue weighted by Gasteiger charge is 2.33. The molecule has 2 N–H and O–H groups in total. The zero-order valence-corrected chi connectivity index (χ0v) is 12.8. The van der Waals surface area contributed by atoms with Crippen molar-refractivity contribution in [2.24, 2.45) is 0 Å². The Labute approximate surface area is 121 Å². The molecule has 1 aliphatic heterocycles. The molecule has 1 atom stereocenters. The van der Waals surface area contributed by atoms with Gasteiger partial charge in [-0.15, -0.1) is 0 Å². The molecule has 2 rings (SSSR count). The minimum Gasteiger partial charge on any atom is -0.444 e. The zero-order valence-electron chi connectivity index (χ0n) is 12.8. The summed E-state index contributed by atoms with van der Waals surface area (Å²) in [5, 5.41) is 0. The molecular formula is C15H23BN2O2. The third kappa shape index (κ3) is 3.27. The van der Waals surface area contributed by atoms with E-state index in [-0.39, 0.29) is 12.1 Å². The number of nitrogens with zero attached hydrogens (tertiary/aromatic N) is 1. The molecule has 0 aromatic heterocycles. The van der Waals surface area contributed by atoms with Gasteiger partial charge in [0.25, 0.3) is 0 Å². The van der Waals surface area contributed by atoms with Gasteiger partial charge in [-0.3, -0.25) is 0 Å². The number of rotatable bonds is 1. The van der Waals surface area contributed by atoms with E-state index in [1.54, 1.807) is 4.90 Å². The fourth-order valence-electron chi connectivity index (χ4n) is 2.61. The smallest absolute Gasteiger partial charge is 0.410 e. The third-order valence-electron chi connectivity index (χ3n) is 3.48. The molecule has 1 amide bonds. The van der Waals surface area contributed by atoms with E-state index in [1.807, 2.05) is 40.8 Å². The summed E-state index contributed by atoms with van der Waals surface area (Å²) >= 11 is 0. The number of anilines is 1. The van der Waals surface area contributed by atoms with E-state index in [0.717, 1.165) is 36.1 Å². The Morgan fingerprint density at radius 2 is 2.15 bits per heavy atom. The van der Waals surface area contributed by atoms with Gasteiger partial charge in [0.2, 0.25) is 0 Å². The van der Waals surface area contributed by atoms with E-state index in [4.69, 9.17) is 10.5 Å². The molecule has 20 heavy (non-hydrogen) atoms. The minimum absolute atomic E-state index is 0.0322. The Morgan fingerprint density at radius 3 is 2.80 bits per heavy atom. The summed E-state index contributed by atoms with van der Waals surface area (Å²) in [6.07, 6.45) is 1.67. The first-order valence-corrected chi connectivity index (χ1v) is 7.13. The van der Waals surface area contributed by atoms with E-state index in [2.05, 4.69) is 6.07 Å². The van der Waals surface area contributed by atoms with Gasteiger partial charge >= 0.3 is 6.09 Å². The molecule has 0 aliphatic carbocycles. The van der Waals surface area contributed by atoms with Gasteiger partial charge < -0.3 is 15.4 Å². The fraction of sp³-hybridized carbons (Fsp3) is 0.533. The number of ether oxygens (including phenoxy) is 1. The van der Waals surface area contributed by atoms with Gasteiger partial charge in [-0.25, -0.2) is 4.79 Å². The van der Waals surface area contributed by atoms with Crippen LogP contribution in [0.25, 0.3) is 0 Å². The molecule has 0 radical (unpaired) electrons. The number of nitrogen functional groups attached to an aromatic ring is 1. The second-order valence-electron chi connectivity index (χ2n) is 6.46. The van der Waals surface area contributed by atoms with Crippen LogP contribution in [0, 0.1) is 0 Å². The first-order chi connectivity index (χ1) is 9.28. The Kier molecular flexibility index (Phi) is 3.98. The fourth-order valence-corrected chi connectivity index (χ4v) is 2.61. The van der Waals surface area contributed by atoms with Crippen LogP contribution in [0.15, 0.2) is 18.2 Å². The van der Waals surface area contributed by atoms with Gasteiger partial charge in [0.1, 0.15) is 13.4 Å². The van der Waals surface area contributed by atoms with Gasteiger partial charge in [-0.1, -0.05) is 17.6 Å². The number of likely N-dealkylation sites (tertiary alicyclic amines) is 1. The highest BCUT2D eigenvalue weighted by Crippen LogP contribution is 2.35. The largest absolute Gasteiger partial charge is 0.444 e. The normalized spacial score (nSPS) is 19.1. The Hall–Kier alpha value is -1.65. The molecule has 1 aliphatic rings. The Balaban J connectivity index is 2.23. The van der Waals surface area contributed by atoms with Crippen molar-refractivity contribution in [3.05, 3.63) is 23.8 Å². The lowest BCUT2D eigenvalue weighted by atomic mass is 9.91. The third-order valence-corrected chi connectivity index (χ3v) is 3.48. The van der Waals surface area contributed by atoms with Crippen LogP contribution in [0.5, 0.6) is 0 Å². The monoisotopic (exact) mass is 274 g/mol. The van der Waals surface area contributed by atoms with Crippen molar-refractivity contribution in [3.63, 3.8) is 0 Å². The van der Waals surface area contributed by atoms with Gasteiger partial charge in [-0.05, 0) is 45.2 Å². The lowest BCUT2D eigenvalue weighted by molar-refractivity contribution is 0.0225. The molecule has 0 bridgehead atoms. The van der Waals surface area contributed by atoms with Crippen molar-refractivity contribution in [3.8, 4) is 0 Å². The van der Waals surface area contributed by atoms with Gasteiger partial charge in [-0.2, -0.15) is 0 Å². The molecule has 1 aromatic rings. The average Bonchev–Trinajstić information content (AvgIpc) is 2.79. The molecule has 108 valence electrons. The number of carbonyl (C=O) groups excluding carboxylic acids is 1. The molecule has 1 heterocycles. The summed E-state index contributed by atoms with van der Waals surface area (Å²) < 4.78 is 5.49. The van der Waals surface area contributed by atoms with Gasteiger partial charge in [0.05, 0.1) is 6.04 Å². The van der Waals surface area contributed by atoms with E-state index >= 15 is 0 Å². The van der Waals surface area contributed by atoms with Crippen LogP contribution in [0.3, 0.4) is 0 Å². The van der Waals surface area contributed by atoms with Crippen LogP contribution < -0.4 is 11.2 Å². The van der Waals surface area contributed by atoms with Crippen LogP contribution in [0.4, 0.5) is 10.5 Å². The van der Waals surface area contributed by atoms with Crippen LogP contribution >= 0.6 is 0 Å². The molecule has 1 aromatic carbocycles. The standard InChI is InChI=1S/C15H23BN2O2/c1-15(2,3)20-14(19)18-8-4-5-13(18)11-9-10(16)6-7-12(11)17/h6-7,9,13H,4-5,8,16-17H2,1-3H3. The number of hydrogen-bond donors (Lipinski definition) is 1. The summed E-state index contributed by atoms with van der Waals surface area (Å²) in [5.41, 5.74) is 8.55. The van der Waals surface area contributed by atoms with E-state index < -0.39 is 5.60 Å². The predicted molar refractivity (Wildman–Crippen MR) is 83.9 cm³/mol. The topological polar surface area (TPSA) is 55.6 Å². The quantitative estimate of drug-likeness (QED) is 0.625. The summed E-state index contributed by atoms with van der Waals surface area (Å²) in [6, 6.07) is 6.01. The average molecular weight is 274 g/mol. The Morgan fingerprint density at radius 1 is 1.45 bits per heavy atom. The molecule has 1 saturated heterocycles. The highest BCUT2D eigenvalue weighted by molar-refractivity contribution is 6.32. The van der Waals surface area contributed by atoms with Crippen LogP contribution in [0.2, 0.25) is 0 Å². The molecule has 0 spiro atoms. The molecule has 0 saturated carbocycles. The second kappa shape index (κ2) is 5.39. The highest BCUT2D eigenvalue weighted by atomic mass is 16.6. The summed E-state index contributed by atoms with van der Waals surface area (Å²) in [6.45, 7) is 6.39. The zero-order chi connectivity index (χ0) is 14.9. The number of hydrogen-bond acceptors (Lipinski definition) is 3. The van der Waals surface area contributed by atoms with Crippen LogP contribution in [-0.2, 0) is 4.74 Å². The lowest BCUT2D eigenvalue weighted by Crippen LogP contribution is -2.36. The summed E-state index contributed by atoms with van der Waals surface area (Å²) in [4.78, 5) is 14.1. The van der Waals surface area contributed by atoms with Crippen molar-refractivity contribution in [2.45, 2.75) is 45.3 Å². The second-order valence-corrected chi connectivity index (χ2v) is 6.46. The van der Waals surface area contributed by atoms with E-state index in [0.29, 0.717) is 0 Å². The molecule has 5 heteroatoms.